The Kier molecular flexibility index (Phi) is 4.82. The molecule has 1 aliphatic carbocycles. The molecule has 1 amide bonds. The van der Waals surface area contributed by atoms with Crippen molar-refractivity contribution >= 4 is 17.2 Å². The van der Waals surface area contributed by atoms with Gasteiger partial charge in [0.25, 0.3) is 0 Å². The first-order valence-corrected chi connectivity index (χ1v) is 8.67. The van der Waals surface area contributed by atoms with E-state index in [1.54, 1.807) is 11.3 Å². The van der Waals surface area contributed by atoms with E-state index in [2.05, 4.69) is 35.2 Å². The van der Waals surface area contributed by atoms with Gasteiger partial charge in [-0.15, -0.1) is 11.3 Å². The number of hydrogen-bond acceptors (Lipinski definition) is 4. The van der Waals surface area contributed by atoms with Gasteiger partial charge in [0, 0.05) is 41.4 Å². The lowest BCUT2D eigenvalue weighted by atomic mass is 9.89. The number of amides is 1. The number of fused-ring (bicyclic) bond motifs is 1. The normalized spacial score (nSPS) is 27.2. The van der Waals surface area contributed by atoms with Crippen LogP contribution >= 0.6 is 11.3 Å². The molecule has 2 fully saturated rings. The number of thiophene rings is 1. The van der Waals surface area contributed by atoms with Crippen LogP contribution in [0.25, 0.3) is 0 Å². The molecule has 0 aromatic carbocycles. The largest absolute Gasteiger partial charge is 0.384 e. The Hall–Kier alpha value is -1.35. The van der Waals surface area contributed by atoms with Crippen LogP contribution in [0.3, 0.4) is 0 Å². The predicted octanol–water partition coefficient (Wildman–Crippen LogP) is 1.44. The molecule has 118 valence electrons. The summed E-state index contributed by atoms with van der Waals surface area (Å²) < 4.78 is 0. The van der Waals surface area contributed by atoms with Crippen molar-refractivity contribution in [2.75, 3.05) is 20.2 Å². The Morgan fingerprint density at radius 3 is 3.09 bits per heavy atom. The van der Waals surface area contributed by atoms with Gasteiger partial charge in [-0.05, 0) is 37.8 Å². The van der Waals surface area contributed by atoms with Crippen LogP contribution in [-0.2, 0) is 11.3 Å². The van der Waals surface area contributed by atoms with Crippen molar-refractivity contribution in [1.82, 2.24) is 10.2 Å². The highest BCUT2D eigenvalue weighted by Crippen LogP contribution is 2.38. The first-order valence-electron chi connectivity index (χ1n) is 7.79. The molecule has 3 rings (SSSR count). The first kappa shape index (κ1) is 15.5. The molecule has 2 aliphatic rings. The van der Waals surface area contributed by atoms with Gasteiger partial charge in [0.15, 0.2) is 0 Å². The Labute approximate surface area is 135 Å². The Morgan fingerprint density at radius 2 is 2.27 bits per heavy atom. The lowest BCUT2D eigenvalue weighted by Crippen LogP contribution is -2.38. The van der Waals surface area contributed by atoms with E-state index in [4.69, 9.17) is 5.11 Å². The van der Waals surface area contributed by atoms with Gasteiger partial charge >= 0.3 is 0 Å². The molecule has 0 spiro atoms. The van der Waals surface area contributed by atoms with Crippen molar-refractivity contribution in [2.24, 2.45) is 11.8 Å². The second-order valence-electron chi connectivity index (χ2n) is 6.33. The maximum Gasteiger partial charge on any atom is 0.220 e. The Balaban J connectivity index is 1.57. The topological polar surface area (TPSA) is 52.6 Å². The summed E-state index contributed by atoms with van der Waals surface area (Å²) in [4.78, 5) is 15.2. The molecular formula is C17H22N2O2S. The number of aliphatic hydroxyl groups is 1. The van der Waals surface area contributed by atoms with Crippen LogP contribution in [0.4, 0.5) is 0 Å². The third kappa shape index (κ3) is 3.52. The summed E-state index contributed by atoms with van der Waals surface area (Å²) in [7, 11) is 2.18. The smallest absolute Gasteiger partial charge is 0.220 e. The molecule has 3 atom stereocenters. The van der Waals surface area contributed by atoms with E-state index in [0.717, 1.165) is 25.1 Å². The molecule has 2 heterocycles. The fraction of sp³-hybridized carbons (Fsp3) is 0.588. The quantitative estimate of drug-likeness (QED) is 0.829. The molecule has 1 aromatic heterocycles. The summed E-state index contributed by atoms with van der Waals surface area (Å²) in [5, 5.41) is 13.8. The number of nitrogens with zero attached hydrogens (tertiary/aromatic N) is 1. The van der Waals surface area contributed by atoms with E-state index in [1.807, 2.05) is 5.38 Å². The molecule has 2 N–H and O–H groups in total. The molecule has 22 heavy (non-hydrogen) atoms. The van der Waals surface area contributed by atoms with Crippen LogP contribution in [0.1, 0.15) is 29.7 Å². The molecule has 0 unspecified atom stereocenters. The van der Waals surface area contributed by atoms with Crippen LogP contribution in [0.2, 0.25) is 0 Å². The van der Waals surface area contributed by atoms with E-state index < -0.39 is 0 Å². The van der Waals surface area contributed by atoms with Gasteiger partial charge in [-0.25, -0.2) is 0 Å². The van der Waals surface area contributed by atoms with Gasteiger partial charge in [0.1, 0.15) is 6.61 Å². The third-order valence-corrected chi connectivity index (χ3v) is 5.74. The maximum atomic E-state index is 11.5. The predicted molar refractivity (Wildman–Crippen MR) is 87.4 cm³/mol. The van der Waals surface area contributed by atoms with Crippen LogP contribution in [0.5, 0.6) is 0 Å². The van der Waals surface area contributed by atoms with Crippen molar-refractivity contribution < 1.29 is 9.90 Å². The highest BCUT2D eigenvalue weighted by Gasteiger charge is 2.39. The van der Waals surface area contributed by atoms with Crippen molar-refractivity contribution in [2.45, 2.75) is 31.8 Å². The first-order chi connectivity index (χ1) is 10.7. The second kappa shape index (κ2) is 6.82. The number of piperidine rings is 1. The Morgan fingerprint density at radius 1 is 1.45 bits per heavy atom. The zero-order valence-electron chi connectivity index (χ0n) is 12.8. The average Bonchev–Trinajstić information content (AvgIpc) is 3.11. The summed E-state index contributed by atoms with van der Waals surface area (Å²) in [5.74, 6) is 7.07. The van der Waals surface area contributed by atoms with Crippen molar-refractivity contribution in [3.63, 3.8) is 0 Å². The van der Waals surface area contributed by atoms with Crippen molar-refractivity contribution in [3.05, 3.63) is 21.9 Å². The van der Waals surface area contributed by atoms with Gasteiger partial charge in [-0.1, -0.05) is 11.8 Å². The summed E-state index contributed by atoms with van der Waals surface area (Å²) in [5.41, 5.74) is 0.984. The minimum absolute atomic E-state index is 0.0946. The standard InChI is InChI=1S/C17H22N2O2S/c1-19(10-16-5-12(11-22-16)3-2-4-20)15-6-13-8-17(21)18-9-14(13)7-15/h5,11,13-15,20H,4,6-10H2,1H3,(H,18,21)/t13-,14+,15-/m1/s1. The molecule has 1 saturated carbocycles. The SMILES string of the molecule is CN(Cc1cc(C#CCO)cs1)[C@H]1C[C@H]2CNC(=O)C[C@H]2C1. The number of rotatable bonds is 3. The van der Waals surface area contributed by atoms with E-state index >= 15 is 0 Å². The van der Waals surface area contributed by atoms with E-state index in [0.29, 0.717) is 24.3 Å². The summed E-state index contributed by atoms with van der Waals surface area (Å²) in [6.45, 7) is 1.69. The van der Waals surface area contributed by atoms with E-state index in [9.17, 15) is 4.79 Å². The lowest BCUT2D eigenvalue weighted by molar-refractivity contribution is -0.124. The van der Waals surface area contributed by atoms with Crippen LogP contribution in [0.15, 0.2) is 11.4 Å². The zero-order chi connectivity index (χ0) is 15.5. The number of carbonyl (C=O) groups excluding carboxylic acids is 1. The van der Waals surface area contributed by atoms with Gasteiger partial charge in [0.05, 0.1) is 0 Å². The van der Waals surface area contributed by atoms with Crippen molar-refractivity contribution in [1.29, 1.82) is 0 Å². The minimum Gasteiger partial charge on any atom is -0.384 e. The lowest BCUT2D eigenvalue weighted by Gasteiger charge is -2.24. The van der Waals surface area contributed by atoms with E-state index in [1.165, 1.54) is 11.3 Å². The Bertz CT molecular complexity index is 601. The second-order valence-corrected chi connectivity index (χ2v) is 7.33. The molecular weight excluding hydrogens is 296 g/mol. The molecule has 1 aliphatic heterocycles. The van der Waals surface area contributed by atoms with Crippen LogP contribution in [0, 0.1) is 23.7 Å². The van der Waals surface area contributed by atoms with Crippen LogP contribution in [-0.4, -0.2) is 42.2 Å². The number of carbonyl (C=O) groups is 1. The van der Waals surface area contributed by atoms with Crippen LogP contribution < -0.4 is 5.32 Å². The molecule has 0 radical (unpaired) electrons. The number of aliphatic hydroxyl groups excluding tert-OH is 1. The molecule has 5 heteroatoms. The summed E-state index contributed by atoms with van der Waals surface area (Å²) in [6.07, 6.45) is 3.02. The van der Waals surface area contributed by atoms with Crippen molar-refractivity contribution in [3.8, 4) is 11.8 Å². The summed E-state index contributed by atoms with van der Waals surface area (Å²) >= 11 is 1.72. The van der Waals surface area contributed by atoms with Gasteiger partial charge in [-0.2, -0.15) is 0 Å². The summed E-state index contributed by atoms with van der Waals surface area (Å²) in [6, 6.07) is 2.67. The number of nitrogens with one attached hydrogen (secondary N) is 1. The zero-order valence-corrected chi connectivity index (χ0v) is 13.7. The molecule has 1 aromatic rings. The fourth-order valence-corrected chi connectivity index (χ4v) is 4.52. The van der Waals surface area contributed by atoms with E-state index in [-0.39, 0.29) is 12.5 Å². The average molecular weight is 318 g/mol. The molecule has 0 bridgehead atoms. The van der Waals surface area contributed by atoms with Gasteiger partial charge in [-0.3, -0.25) is 9.69 Å². The minimum atomic E-state index is -0.0946. The highest BCUT2D eigenvalue weighted by molar-refractivity contribution is 7.10. The van der Waals surface area contributed by atoms with Gasteiger partial charge in [0.2, 0.25) is 5.91 Å². The van der Waals surface area contributed by atoms with Gasteiger partial charge < -0.3 is 10.4 Å². The third-order valence-electron chi connectivity index (χ3n) is 4.82. The molecule has 4 nitrogen and oxygen atoms in total. The maximum absolute atomic E-state index is 11.5. The fourth-order valence-electron chi connectivity index (χ4n) is 3.64. The monoisotopic (exact) mass is 318 g/mol. The number of hydrogen-bond donors (Lipinski definition) is 2. The molecule has 1 saturated heterocycles. The highest BCUT2D eigenvalue weighted by atomic mass is 32.1.